The van der Waals surface area contributed by atoms with Crippen LogP contribution < -0.4 is 5.73 Å². The normalized spacial score (nSPS) is 13.2. The van der Waals surface area contributed by atoms with Gasteiger partial charge < -0.3 is 5.73 Å². The Balaban J connectivity index is 2.40. The van der Waals surface area contributed by atoms with Crippen LogP contribution in [0.25, 0.3) is 0 Å². The summed E-state index contributed by atoms with van der Waals surface area (Å²) in [5.41, 5.74) is 6.84. The smallest absolute Gasteiger partial charge is 0.0537 e. The van der Waals surface area contributed by atoms with Gasteiger partial charge in [0.2, 0.25) is 0 Å². The maximum Gasteiger partial charge on any atom is 0.0537 e. The molecule has 0 amide bonds. The minimum absolute atomic E-state index is 0.0904. The maximum absolute atomic E-state index is 5.72. The summed E-state index contributed by atoms with van der Waals surface area (Å²) < 4.78 is 1.96. The van der Waals surface area contributed by atoms with Crippen LogP contribution in [0.5, 0.6) is 0 Å². The van der Waals surface area contributed by atoms with Crippen LogP contribution in [0.1, 0.15) is 25.5 Å². The molecule has 0 aromatic carbocycles. The van der Waals surface area contributed by atoms with Crippen LogP contribution in [-0.4, -0.2) is 21.3 Å². The third kappa shape index (κ3) is 3.40. The number of hydrogen-bond donors (Lipinski definition) is 1. The van der Waals surface area contributed by atoms with Crippen LogP contribution in [0.15, 0.2) is 12.4 Å². The highest BCUT2D eigenvalue weighted by Crippen LogP contribution is 2.08. The van der Waals surface area contributed by atoms with Crippen LogP contribution in [0, 0.1) is 0 Å². The summed E-state index contributed by atoms with van der Waals surface area (Å²) >= 11 is 1.93. The second-order valence-corrected chi connectivity index (χ2v) is 4.42. The number of rotatable bonds is 5. The SMILES string of the molecule is CCSCCn1cc(C(C)N)cn1. The predicted molar refractivity (Wildman–Crippen MR) is 57.8 cm³/mol. The van der Waals surface area contributed by atoms with Gasteiger partial charge in [-0.25, -0.2) is 0 Å². The molecule has 3 nitrogen and oxygen atoms in total. The quantitative estimate of drug-likeness (QED) is 0.733. The molecule has 13 heavy (non-hydrogen) atoms. The van der Waals surface area contributed by atoms with Gasteiger partial charge in [-0.3, -0.25) is 4.68 Å². The van der Waals surface area contributed by atoms with Crippen molar-refractivity contribution in [2.45, 2.75) is 26.4 Å². The molecule has 1 aromatic heterocycles. The lowest BCUT2D eigenvalue weighted by Gasteiger charge is -2.00. The van der Waals surface area contributed by atoms with Gasteiger partial charge in [0.15, 0.2) is 0 Å². The first-order chi connectivity index (χ1) is 6.24. The van der Waals surface area contributed by atoms with E-state index >= 15 is 0 Å². The van der Waals surface area contributed by atoms with Crippen molar-refractivity contribution >= 4 is 11.8 Å². The maximum atomic E-state index is 5.72. The molecule has 1 aromatic rings. The van der Waals surface area contributed by atoms with E-state index in [1.165, 1.54) is 5.75 Å². The third-order valence-corrected chi connectivity index (χ3v) is 2.73. The van der Waals surface area contributed by atoms with Crippen molar-refractivity contribution in [1.29, 1.82) is 0 Å². The standard InChI is InChI=1S/C9H17N3S/c1-3-13-5-4-12-7-9(6-11-12)8(2)10/h6-8H,3-5,10H2,1-2H3. The molecule has 0 spiro atoms. The van der Waals surface area contributed by atoms with E-state index in [1.54, 1.807) is 0 Å². The van der Waals surface area contributed by atoms with Crippen molar-refractivity contribution in [1.82, 2.24) is 9.78 Å². The van der Waals surface area contributed by atoms with E-state index in [9.17, 15) is 0 Å². The number of nitrogens with two attached hydrogens (primary N) is 1. The van der Waals surface area contributed by atoms with E-state index in [1.807, 2.05) is 35.8 Å². The van der Waals surface area contributed by atoms with Crippen molar-refractivity contribution in [3.8, 4) is 0 Å². The van der Waals surface area contributed by atoms with E-state index in [0.29, 0.717) is 0 Å². The van der Waals surface area contributed by atoms with E-state index < -0.39 is 0 Å². The van der Waals surface area contributed by atoms with Crippen molar-refractivity contribution in [2.24, 2.45) is 5.73 Å². The summed E-state index contributed by atoms with van der Waals surface area (Å²) in [7, 11) is 0. The molecule has 1 rings (SSSR count). The Morgan fingerprint density at radius 1 is 1.69 bits per heavy atom. The predicted octanol–water partition coefficient (Wildman–Crippen LogP) is 1.66. The summed E-state index contributed by atoms with van der Waals surface area (Å²) in [6, 6.07) is 0.0904. The first-order valence-corrected chi connectivity index (χ1v) is 5.75. The van der Waals surface area contributed by atoms with Crippen molar-refractivity contribution in [3.63, 3.8) is 0 Å². The fraction of sp³-hybridized carbons (Fsp3) is 0.667. The summed E-state index contributed by atoms with van der Waals surface area (Å²) in [4.78, 5) is 0. The van der Waals surface area contributed by atoms with Gasteiger partial charge in [-0.2, -0.15) is 16.9 Å². The number of thioether (sulfide) groups is 1. The average molecular weight is 199 g/mol. The summed E-state index contributed by atoms with van der Waals surface area (Å²) in [5.74, 6) is 2.29. The lowest BCUT2D eigenvalue weighted by atomic mass is 10.2. The molecule has 1 atom stereocenters. The molecule has 0 radical (unpaired) electrons. The van der Waals surface area contributed by atoms with Crippen LogP contribution in [0.3, 0.4) is 0 Å². The highest BCUT2D eigenvalue weighted by Gasteiger charge is 2.01. The molecule has 0 saturated carbocycles. The van der Waals surface area contributed by atoms with Gasteiger partial charge in [-0.15, -0.1) is 0 Å². The Labute approximate surface area is 83.7 Å². The first kappa shape index (κ1) is 10.6. The third-order valence-electron chi connectivity index (χ3n) is 1.85. The van der Waals surface area contributed by atoms with Gasteiger partial charge in [0.05, 0.1) is 6.20 Å². The van der Waals surface area contributed by atoms with Gasteiger partial charge in [0.25, 0.3) is 0 Å². The molecule has 74 valence electrons. The largest absolute Gasteiger partial charge is 0.324 e. The monoisotopic (exact) mass is 199 g/mol. The number of aryl methyl sites for hydroxylation is 1. The van der Waals surface area contributed by atoms with Crippen molar-refractivity contribution < 1.29 is 0 Å². The zero-order chi connectivity index (χ0) is 9.68. The van der Waals surface area contributed by atoms with E-state index in [0.717, 1.165) is 17.9 Å². The van der Waals surface area contributed by atoms with E-state index in [4.69, 9.17) is 5.73 Å². The number of nitrogens with zero attached hydrogens (tertiary/aromatic N) is 2. The van der Waals surface area contributed by atoms with Crippen LogP contribution in [-0.2, 0) is 6.54 Å². The number of aromatic nitrogens is 2. The molecule has 0 saturated heterocycles. The second-order valence-electron chi connectivity index (χ2n) is 3.02. The second kappa shape index (κ2) is 5.29. The zero-order valence-corrected chi connectivity index (χ0v) is 9.05. The zero-order valence-electron chi connectivity index (χ0n) is 8.23. The van der Waals surface area contributed by atoms with E-state index in [2.05, 4.69) is 12.0 Å². The van der Waals surface area contributed by atoms with Gasteiger partial charge in [-0.05, 0) is 12.7 Å². The molecular weight excluding hydrogens is 182 g/mol. The molecule has 0 bridgehead atoms. The first-order valence-electron chi connectivity index (χ1n) is 4.59. The topological polar surface area (TPSA) is 43.8 Å². The number of hydrogen-bond acceptors (Lipinski definition) is 3. The van der Waals surface area contributed by atoms with Crippen LogP contribution in [0.2, 0.25) is 0 Å². The molecular formula is C9H17N3S. The van der Waals surface area contributed by atoms with Crippen molar-refractivity contribution in [2.75, 3.05) is 11.5 Å². The Kier molecular flexibility index (Phi) is 4.32. The van der Waals surface area contributed by atoms with Crippen LogP contribution >= 0.6 is 11.8 Å². The Bertz CT molecular complexity index is 245. The van der Waals surface area contributed by atoms with E-state index in [-0.39, 0.29) is 6.04 Å². The van der Waals surface area contributed by atoms with Gasteiger partial charge in [0.1, 0.15) is 0 Å². The fourth-order valence-electron chi connectivity index (χ4n) is 1.04. The minimum Gasteiger partial charge on any atom is -0.324 e. The lowest BCUT2D eigenvalue weighted by Crippen LogP contribution is -2.04. The van der Waals surface area contributed by atoms with Gasteiger partial charge in [-0.1, -0.05) is 6.92 Å². The lowest BCUT2D eigenvalue weighted by molar-refractivity contribution is 0.664. The summed E-state index contributed by atoms with van der Waals surface area (Å²) in [6.07, 6.45) is 3.88. The molecule has 0 aliphatic heterocycles. The molecule has 0 aliphatic carbocycles. The van der Waals surface area contributed by atoms with Gasteiger partial charge >= 0.3 is 0 Å². The molecule has 0 fully saturated rings. The summed E-state index contributed by atoms with van der Waals surface area (Å²) in [6.45, 7) is 5.12. The highest BCUT2D eigenvalue weighted by molar-refractivity contribution is 7.99. The fourth-order valence-corrected chi connectivity index (χ4v) is 1.64. The minimum atomic E-state index is 0.0904. The molecule has 0 aliphatic rings. The Hall–Kier alpha value is -0.480. The molecule has 1 unspecified atom stereocenters. The Morgan fingerprint density at radius 2 is 2.46 bits per heavy atom. The average Bonchev–Trinajstić information content (AvgIpc) is 2.53. The molecule has 2 N–H and O–H groups in total. The molecule has 1 heterocycles. The summed E-state index contributed by atoms with van der Waals surface area (Å²) in [5, 5.41) is 4.23. The Morgan fingerprint density at radius 3 is 3.00 bits per heavy atom. The van der Waals surface area contributed by atoms with Crippen molar-refractivity contribution in [3.05, 3.63) is 18.0 Å². The van der Waals surface area contributed by atoms with Gasteiger partial charge in [0, 0.05) is 30.1 Å². The van der Waals surface area contributed by atoms with Crippen LogP contribution in [0.4, 0.5) is 0 Å². The highest BCUT2D eigenvalue weighted by atomic mass is 32.2. The molecule has 4 heteroatoms.